The van der Waals surface area contributed by atoms with E-state index in [0.29, 0.717) is 6.04 Å². The number of ether oxygens (including phenoxy) is 1. The Hall–Kier alpha value is -3.85. The maximum absolute atomic E-state index is 5.51. The van der Waals surface area contributed by atoms with E-state index in [2.05, 4.69) is 10.4 Å². The Morgan fingerprint density at radius 2 is 1.81 bits per heavy atom. The summed E-state index contributed by atoms with van der Waals surface area (Å²) in [5, 5.41) is 12.9. The summed E-state index contributed by atoms with van der Waals surface area (Å²) >= 11 is 0. The van der Waals surface area contributed by atoms with E-state index >= 15 is 0 Å². The van der Waals surface area contributed by atoms with Gasteiger partial charge in [0.25, 0.3) is 0 Å². The van der Waals surface area contributed by atoms with Crippen LogP contribution in [0.3, 0.4) is 0 Å². The second-order valence-corrected chi connectivity index (χ2v) is 7.93. The molecule has 1 aliphatic rings. The van der Waals surface area contributed by atoms with Gasteiger partial charge < -0.3 is 10.1 Å². The average Bonchev–Trinajstić information content (AvgIpc) is 3.49. The number of hydrogen-bond donors (Lipinski definition) is 1. The van der Waals surface area contributed by atoms with Gasteiger partial charge in [-0.1, -0.05) is 12.1 Å². The summed E-state index contributed by atoms with van der Waals surface area (Å²) in [5.74, 6) is 1.59. The predicted molar refractivity (Wildman–Crippen MR) is 121 cm³/mol. The molecule has 32 heavy (non-hydrogen) atoms. The molecular formula is C23H22N8O. The van der Waals surface area contributed by atoms with Gasteiger partial charge >= 0.3 is 0 Å². The van der Waals surface area contributed by atoms with Crippen LogP contribution in [0.4, 0.5) is 5.82 Å². The van der Waals surface area contributed by atoms with Crippen LogP contribution in [0.15, 0.2) is 54.9 Å². The highest BCUT2D eigenvalue weighted by Crippen LogP contribution is 2.26. The summed E-state index contributed by atoms with van der Waals surface area (Å²) in [6.07, 6.45) is 5.52. The molecule has 5 heterocycles. The van der Waals surface area contributed by atoms with E-state index < -0.39 is 0 Å². The smallest absolute Gasteiger partial charge is 0.160 e. The Kier molecular flexibility index (Phi) is 4.53. The average molecular weight is 426 g/mol. The molecule has 4 aromatic heterocycles. The first kappa shape index (κ1) is 18.9. The number of para-hydroxylation sites is 2. The van der Waals surface area contributed by atoms with Crippen molar-refractivity contribution in [1.82, 2.24) is 34.3 Å². The van der Waals surface area contributed by atoms with Gasteiger partial charge in [0.2, 0.25) is 0 Å². The van der Waals surface area contributed by atoms with Crippen LogP contribution < -0.4 is 5.32 Å². The summed E-state index contributed by atoms with van der Waals surface area (Å²) in [6.45, 7) is 3.48. The van der Waals surface area contributed by atoms with Gasteiger partial charge in [0.05, 0.1) is 16.7 Å². The van der Waals surface area contributed by atoms with E-state index in [1.165, 1.54) is 0 Å². The topological polar surface area (TPSA) is 95.0 Å². The number of anilines is 1. The van der Waals surface area contributed by atoms with Crippen LogP contribution in [0.1, 0.15) is 18.5 Å². The molecule has 0 bridgehead atoms. The fraction of sp³-hybridized carbons (Fsp3) is 0.261. The zero-order chi connectivity index (χ0) is 21.5. The third kappa shape index (κ3) is 3.36. The monoisotopic (exact) mass is 426 g/mol. The summed E-state index contributed by atoms with van der Waals surface area (Å²) in [6, 6.07) is 14.0. The zero-order valence-corrected chi connectivity index (χ0v) is 17.6. The second-order valence-electron chi connectivity index (χ2n) is 7.93. The molecule has 0 saturated carbocycles. The molecular weight excluding hydrogens is 404 g/mol. The van der Waals surface area contributed by atoms with Crippen molar-refractivity contribution in [2.75, 3.05) is 18.5 Å². The quantitative estimate of drug-likeness (QED) is 0.470. The van der Waals surface area contributed by atoms with Crippen LogP contribution in [0.25, 0.3) is 33.9 Å². The third-order valence-corrected chi connectivity index (χ3v) is 5.71. The number of hydrogen-bond acceptors (Lipinski definition) is 7. The minimum Gasteiger partial charge on any atom is -0.381 e. The molecule has 1 N–H and O–H groups in total. The molecule has 160 valence electrons. The van der Waals surface area contributed by atoms with Crippen molar-refractivity contribution >= 4 is 22.5 Å². The van der Waals surface area contributed by atoms with Crippen molar-refractivity contribution in [3.05, 3.63) is 60.6 Å². The minimum atomic E-state index is 0.315. The lowest BCUT2D eigenvalue weighted by atomic mass is 10.1. The SMILES string of the molecule is Cc1nc2ccccc2nc1-c1cc2nc(-n3cccn3)cc(NC3CCOCC3)n2n1. The zero-order valence-electron chi connectivity index (χ0n) is 17.6. The molecule has 0 unspecified atom stereocenters. The van der Waals surface area contributed by atoms with Gasteiger partial charge in [-0.2, -0.15) is 14.7 Å². The van der Waals surface area contributed by atoms with Crippen LogP contribution in [0.5, 0.6) is 0 Å². The summed E-state index contributed by atoms with van der Waals surface area (Å²) in [7, 11) is 0. The Bertz CT molecular complexity index is 1400. The van der Waals surface area contributed by atoms with Crippen LogP contribution in [0.2, 0.25) is 0 Å². The Balaban J connectivity index is 1.49. The van der Waals surface area contributed by atoms with Gasteiger partial charge in [0.1, 0.15) is 17.2 Å². The van der Waals surface area contributed by atoms with E-state index in [1.807, 2.05) is 60.1 Å². The highest BCUT2D eigenvalue weighted by molar-refractivity contribution is 5.78. The molecule has 0 aliphatic carbocycles. The third-order valence-electron chi connectivity index (χ3n) is 5.71. The van der Waals surface area contributed by atoms with Gasteiger partial charge in [0, 0.05) is 43.8 Å². The standard InChI is InChI=1S/C23H22N8O/c1-15-23(27-18-6-3-2-5-17(18)25-15)19-13-21-28-20(30-10-4-9-24-30)14-22(31(21)29-19)26-16-7-11-32-12-8-16/h2-6,9-10,13-14,16,26H,7-8,11-12H2,1H3. The summed E-state index contributed by atoms with van der Waals surface area (Å²) in [5.41, 5.74) is 4.76. The molecule has 0 atom stereocenters. The highest BCUT2D eigenvalue weighted by atomic mass is 16.5. The van der Waals surface area contributed by atoms with E-state index in [4.69, 9.17) is 24.8 Å². The van der Waals surface area contributed by atoms with Crippen LogP contribution in [0, 0.1) is 6.92 Å². The van der Waals surface area contributed by atoms with Crippen molar-refractivity contribution in [2.45, 2.75) is 25.8 Å². The number of aryl methyl sites for hydroxylation is 1. The number of fused-ring (bicyclic) bond motifs is 2. The summed E-state index contributed by atoms with van der Waals surface area (Å²) in [4.78, 5) is 14.4. The fourth-order valence-electron chi connectivity index (χ4n) is 4.08. The second kappa shape index (κ2) is 7.69. The molecule has 9 heteroatoms. The van der Waals surface area contributed by atoms with Crippen molar-refractivity contribution in [2.24, 2.45) is 0 Å². The lowest BCUT2D eigenvalue weighted by Crippen LogP contribution is -2.29. The fourth-order valence-corrected chi connectivity index (χ4v) is 4.08. The minimum absolute atomic E-state index is 0.315. The first-order chi connectivity index (χ1) is 15.7. The van der Waals surface area contributed by atoms with E-state index in [9.17, 15) is 0 Å². The van der Waals surface area contributed by atoms with E-state index in [1.54, 1.807) is 10.9 Å². The molecule has 1 aromatic carbocycles. The van der Waals surface area contributed by atoms with Gasteiger partial charge in [-0.25, -0.2) is 19.6 Å². The molecule has 1 fully saturated rings. The van der Waals surface area contributed by atoms with Crippen LogP contribution >= 0.6 is 0 Å². The molecule has 6 rings (SSSR count). The molecule has 1 saturated heterocycles. The number of rotatable bonds is 4. The van der Waals surface area contributed by atoms with Gasteiger partial charge in [-0.15, -0.1) is 0 Å². The van der Waals surface area contributed by atoms with Crippen molar-refractivity contribution in [3.8, 4) is 17.2 Å². The number of benzene rings is 1. The van der Waals surface area contributed by atoms with E-state index in [-0.39, 0.29) is 0 Å². The molecule has 5 aromatic rings. The maximum atomic E-state index is 5.51. The molecule has 1 aliphatic heterocycles. The molecule has 0 amide bonds. The predicted octanol–water partition coefficient (Wildman–Crippen LogP) is 3.42. The molecule has 0 radical (unpaired) electrons. The Morgan fingerprint density at radius 3 is 2.59 bits per heavy atom. The first-order valence-corrected chi connectivity index (χ1v) is 10.7. The normalized spacial score (nSPS) is 14.9. The summed E-state index contributed by atoms with van der Waals surface area (Å²) < 4.78 is 9.11. The van der Waals surface area contributed by atoms with Gasteiger partial charge in [0.15, 0.2) is 11.5 Å². The maximum Gasteiger partial charge on any atom is 0.160 e. The van der Waals surface area contributed by atoms with Crippen molar-refractivity contribution in [3.63, 3.8) is 0 Å². The van der Waals surface area contributed by atoms with Crippen LogP contribution in [-0.2, 0) is 4.74 Å². The lowest BCUT2D eigenvalue weighted by molar-refractivity contribution is 0.0903. The van der Waals surface area contributed by atoms with Crippen molar-refractivity contribution in [1.29, 1.82) is 0 Å². The molecule has 9 nitrogen and oxygen atoms in total. The van der Waals surface area contributed by atoms with Gasteiger partial charge in [-0.3, -0.25) is 0 Å². The highest BCUT2D eigenvalue weighted by Gasteiger charge is 2.19. The van der Waals surface area contributed by atoms with Crippen molar-refractivity contribution < 1.29 is 4.74 Å². The largest absolute Gasteiger partial charge is 0.381 e. The van der Waals surface area contributed by atoms with E-state index in [0.717, 1.165) is 71.5 Å². The number of aromatic nitrogens is 7. The Morgan fingerprint density at radius 1 is 1.00 bits per heavy atom. The van der Waals surface area contributed by atoms with Gasteiger partial charge in [-0.05, 0) is 38.0 Å². The first-order valence-electron chi connectivity index (χ1n) is 10.7. The lowest BCUT2D eigenvalue weighted by Gasteiger charge is -2.24. The number of nitrogens with zero attached hydrogens (tertiary/aromatic N) is 7. The Labute approximate surface area is 184 Å². The van der Waals surface area contributed by atoms with Crippen LogP contribution in [-0.4, -0.2) is 53.6 Å². The number of nitrogens with one attached hydrogen (secondary N) is 1. The molecule has 0 spiro atoms.